The molecule has 160 valence electrons. The van der Waals surface area contributed by atoms with Gasteiger partial charge in [-0.15, -0.1) is 0 Å². The highest BCUT2D eigenvalue weighted by atomic mass is 16.5. The fourth-order valence-corrected chi connectivity index (χ4v) is 3.27. The Morgan fingerprint density at radius 2 is 1.61 bits per heavy atom. The van der Waals surface area contributed by atoms with Crippen molar-refractivity contribution in [1.82, 2.24) is 5.32 Å². The number of amides is 1. The normalized spacial score (nSPS) is 10.4. The molecule has 0 aliphatic carbocycles. The van der Waals surface area contributed by atoms with Crippen LogP contribution in [-0.2, 0) is 29.1 Å². The first-order chi connectivity index (χ1) is 14.9. The summed E-state index contributed by atoms with van der Waals surface area (Å²) in [6.45, 7) is 4.75. The Kier molecular flexibility index (Phi) is 7.44. The van der Waals surface area contributed by atoms with Gasteiger partial charge in [0.15, 0.2) is 0 Å². The predicted octanol–water partition coefficient (Wildman–Crippen LogP) is 4.53. The molecule has 5 nitrogen and oxygen atoms in total. The standard InChI is InChI=1S/C26H27NO4/c1-18-6-4-9-22(12-18)17-31-23-11-10-19(2)24(15-23)26(29)27-16-21-8-5-7-20(13-21)14-25(28)30-3/h4-13,15H,14,16-17H2,1-3H3,(H,27,29). The Morgan fingerprint density at radius 3 is 2.39 bits per heavy atom. The van der Waals surface area contributed by atoms with Crippen molar-refractivity contribution in [2.75, 3.05) is 7.11 Å². The molecule has 0 aliphatic heterocycles. The number of carbonyl (C=O) groups is 2. The Labute approximate surface area is 183 Å². The lowest BCUT2D eigenvalue weighted by molar-refractivity contribution is -0.139. The summed E-state index contributed by atoms with van der Waals surface area (Å²) in [6.07, 6.45) is 0.206. The topological polar surface area (TPSA) is 64.6 Å². The van der Waals surface area contributed by atoms with Crippen LogP contribution < -0.4 is 10.1 Å². The maximum atomic E-state index is 12.8. The van der Waals surface area contributed by atoms with Gasteiger partial charge in [-0.25, -0.2) is 0 Å². The van der Waals surface area contributed by atoms with Crippen molar-refractivity contribution in [3.05, 3.63) is 100 Å². The zero-order valence-electron chi connectivity index (χ0n) is 18.1. The van der Waals surface area contributed by atoms with Crippen molar-refractivity contribution in [2.45, 2.75) is 33.4 Å². The minimum absolute atomic E-state index is 0.170. The highest BCUT2D eigenvalue weighted by Gasteiger charge is 2.11. The average Bonchev–Trinajstić information content (AvgIpc) is 2.77. The number of nitrogens with one attached hydrogen (secondary N) is 1. The van der Waals surface area contributed by atoms with Crippen molar-refractivity contribution in [2.24, 2.45) is 0 Å². The van der Waals surface area contributed by atoms with Crippen molar-refractivity contribution in [3.8, 4) is 5.75 Å². The summed E-state index contributed by atoms with van der Waals surface area (Å²) < 4.78 is 10.6. The molecule has 3 aromatic rings. The van der Waals surface area contributed by atoms with Crippen LogP contribution >= 0.6 is 0 Å². The Balaban J connectivity index is 1.63. The molecule has 0 aliphatic rings. The Hall–Kier alpha value is -3.60. The molecule has 0 bridgehead atoms. The second-order valence-corrected chi connectivity index (χ2v) is 7.51. The van der Waals surface area contributed by atoms with Crippen LogP contribution in [0.2, 0.25) is 0 Å². The zero-order valence-corrected chi connectivity index (χ0v) is 18.1. The highest BCUT2D eigenvalue weighted by molar-refractivity contribution is 5.96. The summed E-state index contributed by atoms with van der Waals surface area (Å²) >= 11 is 0. The SMILES string of the molecule is COC(=O)Cc1cccc(CNC(=O)c2cc(OCc3cccc(C)c3)ccc2C)c1. The van der Waals surface area contributed by atoms with E-state index in [1.807, 2.05) is 68.4 Å². The molecule has 0 radical (unpaired) electrons. The molecule has 0 saturated heterocycles. The van der Waals surface area contributed by atoms with Gasteiger partial charge in [0.05, 0.1) is 13.5 Å². The van der Waals surface area contributed by atoms with Crippen LogP contribution in [-0.4, -0.2) is 19.0 Å². The summed E-state index contributed by atoms with van der Waals surface area (Å²) in [6, 6.07) is 21.2. The van der Waals surface area contributed by atoms with E-state index in [9.17, 15) is 9.59 Å². The molecule has 3 aromatic carbocycles. The highest BCUT2D eigenvalue weighted by Crippen LogP contribution is 2.19. The number of hydrogen-bond acceptors (Lipinski definition) is 4. The Morgan fingerprint density at radius 1 is 0.871 bits per heavy atom. The molecular formula is C26H27NO4. The molecule has 0 saturated carbocycles. The summed E-state index contributed by atoms with van der Waals surface area (Å²) in [5.41, 5.74) is 5.48. The molecule has 1 N–H and O–H groups in total. The fraction of sp³-hybridized carbons (Fsp3) is 0.231. The van der Waals surface area contributed by atoms with E-state index in [2.05, 4.69) is 11.4 Å². The molecule has 0 spiro atoms. The first-order valence-corrected chi connectivity index (χ1v) is 10.2. The largest absolute Gasteiger partial charge is 0.489 e. The first kappa shape index (κ1) is 22.1. The molecule has 3 rings (SSSR count). The van der Waals surface area contributed by atoms with Crippen LogP contribution in [0.25, 0.3) is 0 Å². The third-order valence-corrected chi connectivity index (χ3v) is 4.96. The van der Waals surface area contributed by atoms with E-state index in [0.717, 1.165) is 22.3 Å². The van der Waals surface area contributed by atoms with E-state index < -0.39 is 0 Å². The van der Waals surface area contributed by atoms with Crippen molar-refractivity contribution < 1.29 is 19.1 Å². The van der Waals surface area contributed by atoms with E-state index in [4.69, 9.17) is 9.47 Å². The summed E-state index contributed by atoms with van der Waals surface area (Å²) in [5.74, 6) is 0.188. The second kappa shape index (κ2) is 10.4. The molecule has 0 unspecified atom stereocenters. The number of aryl methyl sites for hydroxylation is 2. The van der Waals surface area contributed by atoms with Crippen molar-refractivity contribution in [1.29, 1.82) is 0 Å². The van der Waals surface area contributed by atoms with Crippen molar-refractivity contribution >= 4 is 11.9 Å². The van der Waals surface area contributed by atoms with Gasteiger partial charge in [-0.1, -0.05) is 60.2 Å². The summed E-state index contributed by atoms with van der Waals surface area (Å²) in [5, 5.41) is 2.95. The van der Waals surface area contributed by atoms with E-state index in [0.29, 0.717) is 24.5 Å². The molecule has 5 heteroatoms. The number of esters is 1. The molecule has 1 amide bonds. The van der Waals surface area contributed by atoms with Gasteiger partial charge in [0.1, 0.15) is 12.4 Å². The van der Waals surface area contributed by atoms with Crippen LogP contribution in [0, 0.1) is 13.8 Å². The van der Waals surface area contributed by atoms with Gasteiger partial charge >= 0.3 is 5.97 Å². The number of methoxy groups -OCH3 is 1. The molecule has 0 heterocycles. The Bertz CT molecular complexity index is 1070. The number of carbonyl (C=O) groups excluding carboxylic acids is 2. The minimum atomic E-state index is -0.292. The van der Waals surface area contributed by atoms with E-state index in [1.165, 1.54) is 12.7 Å². The van der Waals surface area contributed by atoms with Gasteiger partial charge in [0, 0.05) is 12.1 Å². The molecule has 0 aromatic heterocycles. The van der Waals surface area contributed by atoms with Crippen molar-refractivity contribution in [3.63, 3.8) is 0 Å². The van der Waals surface area contributed by atoms with Crippen LogP contribution in [0.3, 0.4) is 0 Å². The first-order valence-electron chi connectivity index (χ1n) is 10.2. The lowest BCUT2D eigenvalue weighted by atomic mass is 10.1. The van der Waals surface area contributed by atoms with E-state index in [1.54, 1.807) is 6.07 Å². The zero-order chi connectivity index (χ0) is 22.2. The average molecular weight is 418 g/mol. The second-order valence-electron chi connectivity index (χ2n) is 7.51. The van der Waals surface area contributed by atoms with Crippen LogP contribution in [0.1, 0.15) is 38.2 Å². The monoisotopic (exact) mass is 417 g/mol. The molecule has 0 atom stereocenters. The minimum Gasteiger partial charge on any atom is -0.489 e. The lowest BCUT2D eigenvalue weighted by Gasteiger charge is -2.12. The van der Waals surface area contributed by atoms with Crippen LogP contribution in [0.5, 0.6) is 5.75 Å². The third kappa shape index (κ3) is 6.44. The maximum Gasteiger partial charge on any atom is 0.309 e. The maximum absolute atomic E-state index is 12.8. The van der Waals surface area contributed by atoms with Crippen LogP contribution in [0.15, 0.2) is 66.7 Å². The molecule has 0 fully saturated rings. The quantitative estimate of drug-likeness (QED) is 0.547. The lowest BCUT2D eigenvalue weighted by Crippen LogP contribution is -2.23. The van der Waals surface area contributed by atoms with Gasteiger partial charge in [-0.2, -0.15) is 0 Å². The van der Waals surface area contributed by atoms with E-state index >= 15 is 0 Å². The summed E-state index contributed by atoms with van der Waals surface area (Å²) in [7, 11) is 1.37. The van der Waals surface area contributed by atoms with E-state index in [-0.39, 0.29) is 18.3 Å². The number of rotatable bonds is 8. The number of hydrogen-bond donors (Lipinski definition) is 1. The van der Waals surface area contributed by atoms with Crippen LogP contribution in [0.4, 0.5) is 0 Å². The smallest absolute Gasteiger partial charge is 0.309 e. The number of benzene rings is 3. The molecular weight excluding hydrogens is 390 g/mol. The summed E-state index contributed by atoms with van der Waals surface area (Å²) in [4.78, 5) is 24.2. The van der Waals surface area contributed by atoms with Gasteiger partial charge in [-0.3, -0.25) is 9.59 Å². The molecule has 31 heavy (non-hydrogen) atoms. The van der Waals surface area contributed by atoms with Gasteiger partial charge in [0.25, 0.3) is 5.91 Å². The fourth-order valence-electron chi connectivity index (χ4n) is 3.27. The number of ether oxygens (including phenoxy) is 2. The van der Waals surface area contributed by atoms with Gasteiger partial charge in [-0.05, 0) is 48.2 Å². The van der Waals surface area contributed by atoms with Gasteiger partial charge in [0.2, 0.25) is 0 Å². The predicted molar refractivity (Wildman–Crippen MR) is 120 cm³/mol. The third-order valence-electron chi connectivity index (χ3n) is 4.96. The van der Waals surface area contributed by atoms with Gasteiger partial charge < -0.3 is 14.8 Å².